The predicted octanol–water partition coefficient (Wildman–Crippen LogP) is 1.05. The fourth-order valence-electron chi connectivity index (χ4n) is 3.32. The van der Waals surface area contributed by atoms with E-state index in [1.165, 1.54) is 0 Å². The van der Waals surface area contributed by atoms with E-state index in [-0.39, 0.29) is 5.60 Å². The van der Waals surface area contributed by atoms with Crippen LogP contribution in [-0.4, -0.2) is 62.5 Å². The van der Waals surface area contributed by atoms with E-state index in [1.807, 2.05) is 6.07 Å². The predicted molar refractivity (Wildman–Crippen MR) is 83.4 cm³/mol. The summed E-state index contributed by atoms with van der Waals surface area (Å²) in [6.07, 6.45) is 3.90. The van der Waals surface area contributed by atoms with Crippen molar-refractivity contribution in [3.63, 3.8) is 0 Å². The molecule has 0 aliphatic carbocycles. The molecule has 2 aliphatic heterocycles. The summed E-state index contributed by atoms with van der Waals surface area (Å²) in [4.78, 5) is 6.88. The Balaban J connectivity index is 1.63. The molecule has 0 bridgehead atoms. The minimum absolute atomic E-state index is 0.0423. The van der Waals surface area contributed by atoms with Gasteiger partial charge in [0.15, 0.2) is 11.5 Å². The molecule has 1 aromatic heterocycles. The molecule has 2 fully saturated rings. The molecule has 0 amide bonds. The highest BCUT2D eigenvalue weighted by Gasteiger charge is 2.37. The summed E-state index contributed by atoms with van der Waals surface area (Å²) in [6, 6.07) is 1.83. The van der Waals surface area contributed by atoms with Crippen LogP contribution in [0.5, 0.6) is 11.5 Å². The Morgan fingerprint density at radius 2 is 2.14 bits per heavy atom. The van der Waals surface area contributed by atoms with E-state index < -0.39 is 0 Å². The second-order valence-electron chi connectivity index (χ2n) is 5.98. The van der Waals surface area contributed by atoms with E-state index >= 15 is 0 Å². The Morgan fingerprint density at radius 3 is 2.77 bits per heavy atom. The Kier molecular flexibility index (Phi) is 4.81. The average molecular weight is 307 g/mol. The molecule has 0 saturated carbocycles. The summed E-state index contributed by atoms with van der Waals surface area (Å²) in [7, 11) is 3.31. The first-order valence-electron chi connectivity index (χ1n) is 7.89. The second-order valence-corrected chi connectivity index (χ2v) is 5.98. The number of aromatic nitrogens is 1. The number of rotatable bonds is 4. The standard InChI is InChI=1S/C16H25N3O3/c1-20-14-3-6-18-13(15(14)21-2)11-19-8-4-16(5-9-19)12-17-7-10-22-16/h3,6,17H,4-5,7-12H2,1-2H3. The number of nitrogens with zero attached hydrogens (tertiary/aromatic N) is 2. The van der Waals surface area contributed by atoms with Crippen LogP contribution in [0.25, 0.3) is 0 Å². The molecular formula is C16H25N3O3. The van der Waals surface area contributed by atoms with E-state index in [1.54, 1.807) is 20.4 Å². The molecule has 2 saturated heterocycles. The lowest BCUT2D eigenvalue weighted by Crippen LogP contribution is -2.55. The van der Waals surface area contributed by atoms with E-state index in [4.69, 9.17) is 14.2 Å². The van der Waals surface area contributed by atoms with Crippen LogP contribution >= 0.6 is 0 Å². The highest BCUT2D eigenvalue weighted by atomic mass is 16.5. The van der Waals surface area contributed by atoms with E-state index in [0.29, 0.717) is 0 Å². The molecule has 0 unspecified atom stereocenters. The van der Waals surface area contributed by atoms with Gasteiger partial charge in [0.05, 0.1) is 26.4 Å². The first-order valence-corrected chi connectivity index (χ1v) is 7.89. The molecule has 0 radical (unpaired) electrons. The van der Waals surface area contributed by atoms with Crippen LogP contribution in [0.3, 0.4) is 0 Å². The van der Waals surface area contributed by atoms with Gasteiger partial charge in [0, 0.05) is 45.0 Å². The van der Waals surface area contributed by atoms with Gasteiger partial charge in [-0.2, -0.15) is 0 Å². The Labute approximate surface area is 131 Å². The fraction of sp³-hybridized carbons (Fsp3) is 0.688. The van der Waals surface area contributed by atoms with E-state index in [2.05, 4.69) is 15.2 Å². The summed E-state index contributed by atoms with van der Waals surface area (Å²) in [6.45, 7) is 5.58. The SMILES string of the molecule is COc1ccnc(CN2CCC3(CC2)CNCCO3)c1OC. The van der Waals surface area contributed by atoms with Gasteiger partial charge in [-0.05, 0) is 12.8 Å². The minimum Gasteiger partial charge on any atom is -0.493 e. The molecule has 0 aromatic carbocycles. The lowest BCUT2D eigenvalue weighted by atomic mass is 9.90. The van der Waals surface area contributed by atoms with Crippen LogP contribution in [0.1, 0.15) is 18.5 Å². The van der Waals surface area contributed by atoms with Crippen molar-refractivity contribution in [1.82, 2.24) is 15.2 Å². The van der Waals surface area contributed by atoms with Gasteiger partial charge in [-0.25, -0.2) is 0 Å². The number of methoxy groups -OCH3 is 2. The quantitative estimate of drug-likeness (QED) is 0.897. The van der Waals surface area contributed by atoms with Crippen molar-refractivity contribution in [3.05, 3.63) is 18.0 Å². The van der Waals surface area contributed by atoms with Crippen molar-refractivity contribution in [3.8, 4) is 11.5 Å². The zero-order valence-corrected chi connectivity index (χ0v) is 13.4. The van der Waals surface area contributed by atoms with Crippen LogP contribution in [0.15, 0.2) is 12.3 Å². The summed E-state index contributed by atoms with van der Waals surface area (Å²) < 4.78 is 16.9. The molecule has 22 heavy (non-hydrogen) atoms. The van der Waals surface area contributed by atoms with Crippen molar-refractivity contribution < 1.29 is 14.2 Å². The van der Waals surface area contributed by atoms with Gasteiger partial charge in [-0.1, -0.05) is 0 Å². The molecule has 1 aromatic rings. The molecule has 6 heteroatoms. The smallest absolute Gasteiger partial charge is 0.183 e. The minimum atomic E-state index is 0.0423. The van der Waals surface area contributed by atoms with Crippen LogP contribution < -0.4 is 14.8 Å². The van der Waals surface area contributed by atoms with E-state index in [9.17, 15) is 0 Å². The third-order valence-electron chi connectivity index (χ3n) is 4.64. The molecule has 3 rings (SSSR count). The Hall–Kier alpha value is -1.37. The first-order chi connectivity index (χ1) is 10.8. The summed E-state index contributed by atoms with van der Waals surface area (Å²) >= 11 is 0. The number of hydrogen-bond donors (Lipinski definition) is 1. The molecule has 2 aliphatic rings. The van der Waals surface area contributed by atoms with Crippen molar-refractivity contribution in [1.29, 1.82) is 0 Å². The number of pyridine rings is 1. The van der Waals surface area contributed by atoms with Crippen LogP contribution in [0.2, 0.25) is 0 Å². The van der Waals surface area contributed by atoms with Crippen molar-refractivity contribution in [2.24, 2.45) is 0 Å². The van der Waals surface area contributed by atoms with E-state index in [0.717, 1.165) is 69.4 Å². The molecule has 1 N–H and O–H groups in total. The zero-order valence-electron chi connectivity index (χ0n) is 13.4. The number of likely N-dealkylation sites (tertiary alicyclic amines) is 1. The van der Waals surface area contributed by atoms with Gasteiger partial charge in [-0.15, -0.1) is 0 Å². The normalized spacial score (nSPS) is 21.7. The maximum atomic E-state index is 6.04. The molecule has 122 valence electrons. The summed E-state index contributed by atoms with van der Waals surface area (Å²) in [5, 5.41) is 3.45. The van der Waals surface area contributed by atoms with Crippen molar-refractivity contribution >= 4 is 0 Å². The average Bonchev–Trinajstić information content (AvgIpc) is 2.57. The Bertz CT molecular complexity index is 493. The number of nitrogens with one attached hydrogen (secondary N) is 1. The number of ether oxygens (including phenoxy) is 3. The number of piperidine rings is 1. The molecule has 6 nitrogen and oxygen atoms in total. The van der Waals surface area contributed by atoms with Gasteiger partial charge in [0.25, 0.3) is 0 Å². The monoisotopic (exact) mass is 307 g/mol. The highest BCUT2D eigenvalue weighted by Crippen LogP contribution is 2.32. The summed E-state index contributed by atoms with van der Waals surface area (Å²) in [5.41, 5.74) is 0.973. The van der Waals surface area contributed by atoms with Gasteiger partial charge >= 0.3 is 0 Å². The largest absolute Gasteiger partial charge is 0.493 e. The summed E-state index contributed by atoms with van der Waals surface area (Å²) in [5.74, 6) is 1.47. The zero-order chi connectivity index (χ0) is 15.4. The van der Waals surface area contributed by atoms with Gasteiger partial charge in [-0.3, -0.25) is 9.88 Å². The second kappa shape index (κ2) is 6.81. The maximum absolute atomic E-state index is 6.04. The molecular weight excluding hydrogens is 282 g/mol. The third-order valence-corrected chi connectivity index (χ3v) is 4.64. The number of hydrogen-bond acceptors (Lipinski definition) is 6. The van der Waals surface area contributed by atoms with Gasteiger partial charge in [0.2, 0.25) is 0 Å². The van der Waals surface area contributed by atoms with Gasteiger partial charge < -0.3 is 19.5 Å². The lowest BCUT2D eigenvalue weighted by molar-refractivity contribution is -0.101. The molecule has 1 spiro atoms. The lowest BCUT2D eigenvalue weighted by Gasteiger charge is -2.44. The molecule has 0 atom stereocenters. The van der Waals surface area contributed by atoms with Gasteiger partial charge in [0.1, 0.15) is 5.69 Å². The van der Waals surface area contributed by atoms with Crippen LogP contribution in [0, 0.1) is 0 Å². The van der Waals surface area contributed by atoms with Crippen molar-refractivity contribution in [2.75, 3.05) is 47.0 Å². The first kappa shape index (κ1) is 15.5. The highest BCUT2D eigenvalue weighted by molar-refractivity contribution is 5.42. The van der Waals surface area contributed by atoms with Crippen LogP contribution in [-0.2, 0) is 11.3 Å². The third kappa shape index (κ3) is 3.19. The molecule has 3 heterocycles. The van der Waals surface area contributed by atoms with Crippen LogP contribution in [0.4, 0.5) is 0 Å². The Morgan fingerprint density at radius 1 is 1.32 bits per heavy atom. The maximum Gasteiger partial charge on any atom is 0.183 e. The topological polar surface area (TPSA) is 55.9 Å². The number of morpholine rings is 1. The van der Waals surface area contributed by atoms with Crippen molar-refractivity contribution in [2.45, 2.75) is 25.0 Å². The fourth-order valence-corrected chi connectivity index (χ4v) is 3.32.